The lowest BCUT2D eigenvalue weighted by molar-refractivity contribution is 0.0767. The second kappa shape index (κ2) is 5.04. The van der Waals surface area contributed by atoms with Crippen LogP contribution in [0, 0.1) is 0 Å². The van der Waals surface area contributed by atoms with E-state index in [1.54, 1.807) is 0 Å². The first-order valence-corrected chi connectivity index (χ1v) is 5.94. The van der Waals surface area contributed by atoms with Crippen LogP contribution in [0.3, 0.4) is 0 Å². The fourth-order valence-corrected chi connectivity index (χ4v) is 2.14. The van der Waals surface area contributed by atoms with Crippen LogP contribution in [0.4, 0.5) is 5.69 Å². The number of hydrogen-bond donors (Lipinski definition) is 1. The van der Waals surface area contributed by atoms with E-state index in [-0.39, 0.29) is 5.91 Å². The summed E-state index contributed by atoms with van der Waals surface area (Å²) in [5, 5.41) is 3.06. The largest absolute Gasteiger partial charge is 0.387 e. The van der Waals surface area contributed by atoms with Crippen LogP contribution in [0.5, 0.6) is 0 Å². The predicted molar refractivity (Wildman–Crippen MR) is 70.3 cm³/mol. The molecule has 1 aliphatic heterocycles. The van der Waals surface area contributed by atoms with Crippen LogP contribution in [0.1, 0.15) is 23.7 Å². The Labute approximate surface area is 102 Å². The maximum absolute atomic E-state index is 12.4. The molecular weight excluding hydrogens is 212 g/mol. The molecule has 0 atom stereocenters. The molecule has 1 amide bonds. The van der Waals surface area contributed by atoms with Gasteiger partial charge in [-0.05, 0) is 25.5 Å². The van der Waals surface area contributed by atoms with Crippen molar-refractivity contribution in [3.05, 3.63) is 41.5 Å². The Kier molecular flexibility index (Phi) is 3.47. The number of hydrogen-bond acceptors (Lipinski definition) is 2. The molecule has 0 saturated heterocycles. The summed E-state index contributed by atoms with van der Waals surface area (Å²) in [6.07, 6.45) is 3.16. The molecule has 0 unspecified atom stereocenters. The second-order valence-electron chi connectivity index (χ2n) is 4.36. The van der Waals surface area contributed by atoms with Crippen LogP contribution in [-0.4, -0.2) is 30.9 Å². The number of amides is 1. The Morgan fingerprint density at radius 2 is 2.12 bits per heavy atom. The SMILES string of the molecule is CNc1ccccc1C(=O)N1CCC=C(C)C1. The topological polar surface area (TPSA) is 32.3 Å². The molecule has 0 radical (unpaired) electrons. The summed E-state index contributed by atoms with van der Waals surface area (Å²) in [6, 6.07) is 7.65. The normalized spacial score (nSPS) is 15.4. The zero-order valence-corrected chi connectivity index (χ0v) is 10.4. The Balaban J connectivity index is 2.22. The molecule has 3 nitrogen and oxygen atoms in total. The lowest BCUT2D eigenvalue weighted by atomic mass is 10.1. The van der Waals surface area contributed by atoms with E-state index in [0.717, 1.165) is 30.8 Å². The van der Waals surface area contributed by atoms with Gasteiger partial charge < -0.3 is 10.2 Å². The first-order valence-electron chi connectivity index (χ1n) is 5.94. The molecule has 1 heterocycles. The summed E-state index contributed by atoms with van der Waals surface area (Å²) in [5.74, 6) is 0.113. The van der Waals surface area contributed by atoms with E-state index >= 15 is 0 Å². The third-order valence-corrected chi connectivity index (χ3v) is 3.05. The van der Waals surface area contributed by atoms with Crippen molar-refractivity contribution in [2.45, 2.75) is 13.3 Å². The lowest BCUT2D eigenvalue weighted by Gasteiger charge is -2.27. The van der Waals surface area contributed by atoms with Crippen LogP contribution >= 0.6 is 0 Å². The van der Waals surface area contributed by atoms with E-state index in [1.165, 1.54) is 5.57 Å². The van der Waals surface area contributed by atoms with Crippen LogP contribution in [0.15, 0.2) is 35.9 Å². The van der Waals surface area contributed by atoms with Crippen molar-refractivity contribution in [1.29, 1.82) is 0 Å². The van der Waals surface area contributed by atoms with Crippen molar-refractivity contribution < 1.29 is 4.79 Å². The zero-order chi connectivity index (χ0) is 12.3. The summed E-state index contributed by atoms with van der Waals surface area (Å²) in [7, 11) is 1.84. The van der Waals surface area contributed by atoms with E-state index in [0.29, 0.717) is 0 Å². The van der Waals surface area contributed by atoms with Gasteiger partial charge in [-0.2, -0.15) is 0 Å². The number of para-hydroxylation sites is 1. The number of nitrogens with zero attached hydrogens (tertiary/aromatic N) is 1. The summed E-state index contributed by atoms with van der Waals surface area (Å²) < 4.78 is 0. The van der Waals surface area contributed by atoms with Crippen LogP contribution in [0.2, 0.25) is 0 Å². The maximum Gasteiger partial charge on any atom is 0.256 e. The number of anilines is 1. The predicted octanol–water partition coefficient (Wildman–Crippen LogP) is 2.52. The molecule has 0 fully saturated rings. The van der Waals surface area contributed by atoms with Gasteiger partial charge in [-0.1, -0.05) is 23.8 Å². The fourth-order valence-electron chi connectivity index (χ4n) is 2.14. The Bertz CT molecular complexity index is 451. The van der Waals surface area contributed by atoms with Gasteiger partial charge in [-0.25, -0.2) is 0 Å². The van der Waals surface area contributed by atoms with E-state index in [4.69, 9.17) is 0 Å². The van der Waals surface area contributed by atoms with Crippen molar-refractivity contribution in [1.82, 2.24) is 4.90 Å². The highest BCUT2D eigenvalue weighted by Crippen LogP contribution is 2.19. The van der Waals surface area contributed by atoms with Gasteiger partial charge in [0, 0.05) is 25.8 Å². The first kappa shape index (κ1) is 11.7. The monoisotopic (exact) mass is 230 g/mol. The van der Waals surface area contributed by atoms with Crippen molar-refractivity contribution in [3.63, 3.8) is 0 Å². The Morgan fingerprint density at radius 1 is 1.35 bits per heavy atom. The van der Waals surface area contributed by atoms with Gasteiger partial charge in [0.05, 0.1) is 5.56 Å². The molecule has 0 bridgehead atoms. The third-order valence-electron chi connectivity index (χ3n) is 3.05. The molecule has 90 valence electrons. The minimum absolute atomic E-state index is 0.113. The number of nitrogens with one attached hydrogen (secondary N) is 1. The fraction of sp³-hybridized carbons (Fsp3) is 0.357. The van der Waals surface area contributed by atoms with E-state index in [9.17, 15) is 4.79 Å². The van der Waals surface area contributed by atoms with Crippen molar-refractivity contribution in [2.75, 3.05) is 25.5 Å². The van der Waals surface area contributed by atoms with Crippen molar-refractivity contribution >= 4 is 11.6 Å². The zero-order valence-electron chi connectivity index (χ0n) is 10.4. The highest BCUT2D eigenvalue weighted by Gasteiger charge is 2.19. The molecule has 0 saturated carbocycles. The molecule has 0 aliphatic carbocycles. The van der Waals surface area contributed by atoms with E-state index in [2.05, 4.69) is 18.3 Å². The number of rotatable bonds is 2. The smallest absolute Gasteiger partial charge is 0.256 e. The number of carbonyl (C=O) groups is 1. The van der Waals surface area contributed by atoms with Crippen molar-refractivity contribution in [2.24, 2.45) is 0 Å². The molecule has 3 heteroatoms. The van der Waals surface area contributed by atoms with E-state index in [1.807, 2.05) is 36.2 Å². The Morgan fingerprint density at radius 3 is 2.82 bits per heavy atom. The minimum Gasteiger partial charge on any atom is -0.387 e. The molecule has 0 spiro atoms. The summed E-state index contributed by atoms with van der Waals surface area (Å²) >= 11 is 0. The third kappa shape index (κ3) is 2.49. The van der Waals surface area contributed by atoms with Gasteiger partial charge in [-0.3, -0.25) is 4.79 Å². The summed E-state index contributed by atoms with van der Waals surface area (Å²) in [4.78, 5) is 14.3. The number of carbonyl (C=O) groups excluding carboxylic acids is 1. The first-order chi connectivity index (χ1) is 8.22. The summed E-state index contributed by atoms with van der Waals surface area (Å²) in [6.45, 7) is 3.63. The molecule has 2 rings (SSSR count). The van der Waals surface area contributed by atoms with Crippen LogP contribution < -0.4 is 5.32 Å². The second-order valence-corrected chi connectivity index (χ2v) is 4.36. The molecule has 0 aromatic heterocycles. The molecule has 1 aromatic carbocycles. The Hall–Kier alpha value is -1.77. The van der Waals surface area contributed by atoms with Crippen molar-refractivity contribution in [3.8, 4) is 0 Å². The highest BCUT2D eigenvalue weighted by atomic mass is 16.2. The van der Waals surface area contributed by atoms with Gasteiger partial charge in [-0.15, -0.1) is 0 Å². The number of benzene rings is 1. The minimum atomic E-state index is 0.113. The average molecular weight is 230 g/mol. The molecule has 1 aliphatic rings. The van der Waals surface area contributed by atoms with Gasteiger partial charge in [0.15, 0.2) is 0 Å². The molecule has 17 heavy (non-hydrogen) atoms. The van der Waals surface area contributed by atoms with Gasteiger partial charge in [0.25, 0.3) is 5.91 Å². The quantitative estimate of drug-likeness (QED) is 0.792. The van der Waals surface area contributed by atoms with E-state index < -0.39 is 0 Å². The molecule has 1 aromatic rings. The maximum atomic E-state index is 12.4. The standard InChI is InChI=1S/C14H18N2O/c1-11-6-5-9-16(10-11)14(17)12-7-3-4-8-13(12)15-2/h3-4,6-8,15H,5,9-10H2,1-2H3. The molecule has 1 N–H and O–H groups in total. The highest BCUT2D eigenvalue weighted by molar-refractivity contribution is 5.99. The van der Waals surface area contributed by atoms with Gasteiger partial charge >= 0.3 is 0 Å². The lowest BCUT2D eigenvalue weighted by Crippen LogP contribution is -2.35. The van der Waals surface area contributed by atoms with Crippen LogP contribution in [-0.2, 0) is 0 Å². The van der Waals surface area contributed by atoms with Gasteiger partial charge in [0.2, 0.25) is 0 Å². The van der Waals surface area contributed by atoms with Gasteiger partial charge in [0.1, 0.15) is 0 Å². The van der Waals surface area contributed by atoms with Crippen LogP contribution in [0.25, 0.3) is 0 Å². The molecular formula is C14H18N2O. The summed E-state index contributed by atoms with van der Waals surface area (Å²) in [5.41, 5.74) is 2.92. The average Bonchev–Trinajstić information content (AvgIpc) is 2.38.